The Bertz CT molecular complexity index is 534. The van der Waals surface area contributed by atoms with Crippen LogP contribution in [0.3, 0.4) is 0 Å². The maximum atomic E-state index is 12.2. The van der Waals surface area contributed by atoms with E-state index >= 15 is 0 Å². The molecule has 24 heavy (non-hydrogen) atoms. The van der Waals surface area contributed by atoms with Gasteiger partial charge in [0.15, 0.2) is 0 Å². The second-order valence-electron chi connectivity index (χ2n) is 6.61. The summed E-state index contributed by atoms with van der Waals surface area (Å²) >= 11 is 0. The SMILES string of the molecule is CCN(CC)c1ccc(NC(=O)CCN2CCN(C)CC2)c(C)c1. The van der Waals surface area contributed by atoms with Crippen LogP contribution >= 0.6 is 0 Å². The van der Waals surface area contributed by atoms with Gasteiger partial charge >= 0.3 is 0 Å². The highest BCUT2D eigenvalue weighted by molar-refractivity contribution is 5.91. The third-order valence-corrected chi connectivity index (χ3v) is 4.86. The van der Waals surface area contributed by atoms with Gasteiger partial charge in [0, 0.05) is 63.6 Å². The number of piperazine rings is 1. The number of likely N-dealkylation sites (N-methyl/N-ethyl adjacent to an activating group) is 1. The van der Waals surface area contributed by atoms with Crippen LogP contribution < -0.4 is 10.2 Å². The van der Waals surface area contributed by atoms with Crippen LogP contribution in [0.1, 0.15) is 25.8 Å². The van der Waals surface area contributed by atoms with Crippen molar-refractivity contribution in [3.05, 3.63) is 23.8 Å². The maximum Gasteiger partial charge on any atom is 0.225 e. The number of hydrogen-bond acceptors (Lipinski definition) is 4. The van der Waals surface area contributed by atoms with E-state index < -0.39 is 0 Å². The van der Waals surface area contributed by atoms with Crippen LogP contribution in [0.25, 0.3) is 0 Å². The number of carbonyl (C=O) groups is 1. The zero-order chi connectivity index (χ0) is 17.5. The Morgan fingerprint density at radius 1 is 1.17 bits per heavy atom. The molecule has 2 rings (SSSR count). The number of anilines is 2. The number of nitrogens with one attached hydrogen (secondary N) is 1. The molecule has 1 aromatic rings. The van der Waals surface area contributed by atoms with Crippen molar-refractivity contribution < 1.29 is 4.79 Å². The van der Waals surface area contributed by atoms with Crippen molar-refractivity contribution in [2.75, 3.05) is 63.1 Å². The molecule has 0 unspecified atom stereocenters. The van der Waals surface area contributed by atoms with E-state index in [1.54, 1.807) is 0 Å². The molecule has 5 nitrogen and oxygen atoms in total. The van der Waals surface area contributed by atoms with Crippen molar-refractivity contribution >= 4 is 17.3 Å². The predicted molar refractivity (Wildman–Crippen MR) is 102 cm³/mol. The van der Waals surface area contributed by atoms with Crippen LogP contribution in [0, 0.1) is 6.92 Å². The summed E-state index contributed by atoms with van der Waals surface area (Å²) < 4.78 is 0. The minimum absolute atomic E-state index is 0.104. The summed E-state index contributed by atoms with van der Waals surface area (Å²) in [6, 6.07) is 6.27. The third-order valence-electron chi connectivity index (χ3n) is 4.86. The lowest BCUT2D eigenvalue weighted by molar-refractivity contribution is -0.116. The lowest BCUT2D eigenvalue weighted by atomic mass is 10.1. The quantitative estimate of drug-likeness (QED) is 0.832. The summed E-state index contributed by atoms with van der Waals surface area (Å²) in [4.78, 5) is 19.3. The van der Waals surface area contributed by atoms with E-state index in [0.717, 1.165) is 57.1 Å². The summed E-state index contributed by atoms with van der Waals surface area (Å²) in [5, 5.41) is 3.07. The summed E-state index contributed by atoms with van der Waals surface area (Å²) in [5.74, 6) is 0.104. The monoisotopic (exact) mass is 332 g/mol. The Hall–Kier alpha value is -1.59. The molecule has 0 radical (unpaired) electrons. The first-order chi connectivity index (χ1) is 11.5. The molecule has 1 amide bonds. The van der Waals surface area contributed by atoms with Crippen LogP contribution in [-0.4, -0.2) is 68.6 Å². The Kier molecular flexibility index (Phi) is 7.06. The van der Waals surface area contributed by atoms with Gasteiger partial charge in [-0.2, -0.15) is 0 Å². The van der Waals surface area contributed by atoms with E-state index in [4.69, 9.17) is 0 Å². The molecule has 1 aliphatic rings. The first-order valence-electron chi connectivity index (χ1n) is 9.09. The highest BCUT2D eigenvalue weighted by Gasteiger charge is 2.15. The van der Waals surface area contributed by atoms with Gasteiger partial charge in [-0.15, -0.1) is 0 Å². The topological polar surface area (TPSA) is 38.8 Å². The molecule has 1 aromatic carbocycles. The summed E-state index contributed by atoms with van der Waals surface area (Å²) in [5.41, 5.74) is 3.26. The Balaban J connectivity index is 1.85. The van der Waals surface area contributed by atoms with Crippen molar-refractivity contribution in [3.8, 4) is 0 Å². The van der Waals surface area contributed by atoms with E-state index in [-0.39, 0.29) is 5.91 Å². The number of rotatable bonds is 7. The normalized spacial score (nSPS) is 16.2. The Morgan fingerprint density at radius 2 is 1.83 bits per heavy atom. The highest BCUT2D eigenvalue weighted by Crippen LogP contribution is 2.22. The van der Waals surface area contributed by atoms with Gasteiger partial charge in [0.05, 0.1) is 0 Å². The molecule has 1 heterocycles. The van der Waals surface area contributed by atoms with E-state index in [1.165, 1.54) is 5.69 Å². The molecule has 0 aromatic heterocycles. The van der Waals surface area contributed by atoms with Gasteiger partial charge in [0.1, 0.15) is 0 Å². The van der Waals surface area contributed by atoms with Crippen LogP contribution in [0.2, 0.25) is 0 Å². The number of benzene rings is 1. The minimum Gasteiger partial charge on any atom is -0.372 e. The average molecular weight is 332 g/mol. The average Bonchev–Trinajstić information content (AvgIpc) is 2.58. The molecule has 134 valence electrons. The van der Waals surface area contributed by atoms with E-state index in [0.29, 0.717) is 6.42 Å². The molecule has 1 fully saturated rings. The van der Waals surface area contributed by atoms with Gasteiger partial charge in [-0.1, -0.05) is 0 Å². The molecule has 1 N–H and O–H groups in total. The first-order valence-corrected chi connectivity index (χ1v) is 9.09. The zero-order valence-electron chi connectivity index (χ0n) is 15.6. The predicted octanol–water partition coefficient (Wildman–Crippen LogP) is 2.42. The highest BCUT2D eigenvalue weighted by atomic mass is 16.1. The van der Waals surface area contributed by atoms with Crippen molar-refractivity contribution in [2.45, 2.75) is 27.2 Å². The second-order valence-corrected chi connectivity index (χ2v) is 6.61. The summed E-state index contributed by atoms with van der Waals surface area (Å²) in [6.45, 7) is 13.5. The van der Waals surface area contributed by atoms with Crippen LogP contribution in [-0.2, 0) is 4.79 Å². The number of nitrogens with zero attached hydrogens (tertiary/aromatic N) is 3. The van der Waals surface area contributed by atoms with E-state index in [2.05, 4.69) is 60.0 Å². The van der Waals surface area contributed by atoms with Gasteiger partial charge in [0.2, 0.25) is 5.91 Å². The lowest BCUT2D eigenvalue weighted by Crippen LogP contribution is -2.45. The zero-order valence-corrected chi connectivity index (χ0v) is 15.6. The maximum absolute atomic E-state index is 12.2. The Labute approximate surface area is 146 Å². The molecule has 0 atom stereocenters. The molecule has 0 bridgehead atoms. The van der Waals surface area contributed by atoms with Crippen molar-refractivity contribution in [2.24, 2.45) is 0 Å². The largest absolute Gasteiger partial charge is 0.372 e. The van der Waals surface area contributed by atoms with Crippen LogP contribution in [0.15, 0.2) is 18.2 Å². The molecular weight excluding hydrogens is 300 g/mol. The molecule has 5 heteroatoms. The fourth-order valence-corrected chi connectivity index (χ4v) is 3.12. The molecular formula is C19H32N4O. The number of carbonyl (C=O) groups excluding carboxylic acids is 1. The van der Waals surface area contributed by atoms with E-state index in [9.17, 15) is 4.79 Å². The summed E-state index contributed by atoms with van der Waals surface area (Å²) in [7, 11) is 2.15. The standard InChI is InChI=1S/C19H32N4O/c1-5-23(6-2)17-7-8-18(16(3)15-17)20-19(24)9-10-22-13-11-21(4)12-14-22/h7-8,15H,5-6,9-14H2,1-4H3,(H,20,24). The number of amides is 1. The number of hydrogen-bond donors (Lipinski definition) is 1. The van der Waals surface area contributed by atoms with Crippen molar-refractivity contribution in [1.29, 1.82) is 0 Å². The van der Waals surface area contributed by atoms with Crippen LogP contribution in [0.4, 0.5) is 11.4 Å². The van der Waals surface area contributed by atoms with Crippen molar-refractivity contribution in [1.82, 2.24) is 9.80 Å². The van der Waals surface area contributed by atoms with Crippen molar-refractivity contribution in [3.63, 3.8) is 0 Å². The first kappa shape index (κ1) is 18.7. The van der Waals surface area contributed by atoms with E-state index in [1.807, 2.05) is 6.07 Å². The van der Waals surface area contributed by atoms with Crippen LogP contribution in [0.5, 0.6) is 0 Å². The fraction of sp³-hybridized carbons (Fsp3) is 0.632. The molecule has 1 saturated heterocycles. The second kappa shape index (κ2) is 9.04. The lowest BCUT2D eigenvalue weighted by Gasteiger charge is -2.32. The van der Waals surface area contributed by atoms with Gasteiger partial charge in [-0.05, 0) is 51.6 Å². The fourth-order valence-electron chi connectivity index (χ4n) is 3.12. The molecule has 0 spiro atoms. The minimum atomic E-state index is 0.104. The number of aryl methyl sites for hydroxylation is 1. The van der Waals surface area contributed by atoms with Gasteiger partial charge < -0.3 is 20.0 Å². The van der Waals surface area contributed by atoms with Gasteiger partial charge in [-0.25, -0.2) is 0 Å². The molecule has 1 aliphatic heterocycles. The third kappa shape index (κ3) is 5.21. The smallest absolute Gasteiger partial charge is 0.225 e. The summed E-state index contributed by atoms with van der Waals surface area (Å²) in [6.07, 6.45) is 0.556. The van der Waals surface area contributed by atoms with Gasteiger partial charge in [-0.3, -0.25) is 4.79 Å². The molecule has 0 aliphatic carbocycles. The molecule has 0 saturated carbocycles. The van der Waals surface area contributed by atoms with Gasteiger partial charge in [0.25, 0.3) is 0 Å². The Morgan fingerprint density at radius 3 is 2.42 bits per heavy atom.